The minimum atomic E-state index is 0.657. The second kappa shape index (κ2) is 7.85. The van der Waals surface area contributed by atoms with E-state index >= 15 is 0 Å². The summed E-state index contributed by atoms with van der Waals surface area (Å²) in [5.74, 6) is 0.770. The van der Waals surface area contributed by atoms with Crippen molar-refractivity contribution in [2.24, 2.45) is 5.92 Å². The van der Waals surface area contributed by atoms with Crippen molar-refractivity contribution in [2.45, 2.75) is 33.2 Å². The lowest BCUT2D eigenvalue weighted by Gasteiger charge is -2.34. The van der Waals surface area contributed by atoms with Crippen molar-refractivity contribution in [3.05, 3.63) is 12.2 Å². The molecule has 3 heteroatoms. The number of nitrogens with one attached hydrogen (secondary N) is 1. The van der Waals surface area contributed by atoms with Crippen molar-refractivity contribution in [1.29, 1.82) is 0 Å². The van der Waals surface area contributed by atoms with Gasteiger partial charge in [-0.1, -0.05) is 26.0 Å². The first kappa shape index (κ1) is 14.7. The van der Waals surface area contributed by atoms with Crippen LogP contribution in [-0.2, 0) is 4.74 Å². The van der Waals surface area contributed by atoms with Crippen molar-refractivity contribution in [2.75, 3.05) is 39.4 Å². The third kappa shape index (κ3) is 6.81. The van der Waals surface area contributed by atoms with E-state index in [1.54, 1.807) is 0 Å². The highest BCUT2D eigenvalue weighted by Gasteiger charge is 2.19. The van der Waals surface area contributed by atoms with Gasteiger partial charge in [0.2, 0.25) is 0 Å². The minimum absolute atomic E-state index is 0.657. The van der Waals surface area contributed by atoms with Crippen LogP contribution in [0.15, 0.2) is 12.2 Å². The summed E-state index contributed by atoms with van der Waals surface area (Å²) in [6.45, 7) is 16.4. The summed E-state index contributed by atoms with van der Waals surface area (Å²) in [6.07, 6.45) is 1.27. The first-order chi connectivity index (χ1) is 8.08. The van der Waals surface area contributed by atoms with E-state index in [-0.39, 0.29) is 0 Å². The van der Waals surface area contributed by atoms with Crippen LogP contribution in [0, 0.1) is 5.92 Å². The maximum atomic E-state index is 5.55. The zero-order valence-electron chi connectivity index (χ0n) is 11.7. The predicted molar refractivity (Wildman–Crippen MR) is 73.3 cm³/mol. The third-order valence-electron chi connectivity index (χ3n) is 3.00. The molecule has 100 valence electrons. The Labute approximate surface area is 106 Å². The molecule has 0 saturated carbocycles. The molecule has 0 bridgehead atoms. The van der Waals surface area contributed by atoms with E-state index in [1.807, 2.05) is 6.92 Å². The average Bonchev–Trinajstić information content (AvgIpc) is 2.24. The zero-order valence-corrected chi connectivity index (χ0v) is 11.7. The SMILES string of the molecule is C=C(C)COCCN1CCNC(CC(C)C)C1. The van der Waals surface area contributed by atoms with Crippen LogP contribution in [0.4, 0.5) is 0 Å². The summed E-state index contributed by atoms with van der Waals surface area (Å²) in [5.41, 5.74) is 1.10. The van der Waals surface area contributed by atoms with E-state index in [0.717, 1.165) is 44.3 Å². The lowest BCUT2D eigenvalue weighted by molar-refractivity contribution is 0.102. The van der Waals surface area contributed by atoms with Gasteiger partial charge in [0.05, 0.1) is 13.2 Å². The average molecular weight is 240 g/mol. The fraction of sp³-hybridized carbons (Fsp3) is 0.857. The summed E-state index contributed by atoms with van der Waals surface area (Å²) in [4.78, 5) is 2.50. The molecule has 1 unspecified atom stereocenters. The monoisotopic (exact) mass is 240 g/mol. The summed E-state index contributed by atoms with van der Waals surface area (Å²) in [6, 6.07) is 0.657. The lowest BCUT2D eigenvalue weighted by Crippen LogP contribution is -2.51. The fourth-order valence-electron chi connectivity index (χ4n) is 2.26. The molecule has 0 aromatic rings. The van der Waals surface area contributed by atoms with Crippen LogP contribution in [-0.4, -0.2) is 50.3 Å². The number of ether oxygens (including phenoxy) is 1. The number of piperazine rings is 1. The van der Waals surface area contributed by atoms with Gasteiger partial charge < -0.3 is 10.1 Å². The van der Waals surface area contributed by atoms with Crippen molar-refractivity contribution < 1.29 is 4.74 Å². The molecule has 0 spiro atoms. The van der Waals surface area contributed by atoms with Crippen LogP contribution >= 0.6 is 0 Å². The number of hydrogen-bond acceptors (Lipinski definition) is 3. The van der Waals surface area contributed by atoms with Gasteiger partial charge >= 0.3 is 0 Å². The van der Waals surface area contributed by atoms with E-state index in [9.17, 15) is 0 Å². The third-order valence-corrected chi connectivity index (χ3v) is 3.00. The van der Waals surface area contributed by atoms with Gasteiger partial charge in [-0.25, -0.2) is 0 Å². The smallest absolute Gasteiger partial charge is 0.0672 e. The number of nitrogens with zero attached hydrogens (tertiary/aromatic N) is 1. The second-order valence-corrected chi connectivity index (χ2v) is 5.59. The van der Waals surface area contributed by atoms with Gasteiger partial charge in [0.1, 0.15) is 0 Å². The molecule has 0 radical (unpaired) electrons. The molecule has 1 atom stereocenters. The Hall–Kier alpha value is -0.380. The summed E-state index contributed by atoms with van der Waals surface area (Å²) < 4.78 is 5.55. The Balaban J connectivity index is 2.14. The Morgan fingerprint density at radius 2 is 2.29 bits per heavy atom. The number of rotatable bonds is 7. The quantitative estimate of drug-likeness (QED) is 0.543. The van der Waals surface area contributed by atoms with Crippen molar-refractivity contribution in [3.8, 4) is 0 Å². The molecule has 3 nitrogen and oxygen atoms in total. The van der Waals surface area contributed by atoms with Crippen molar-refractivity contribution in [3.63, 3.8) is 0 Å². The zero-order chi connectivity index (χ0) is 12.7. The molecule has 1 saturated heterocycles. The molecule has 1 aliphatic heterocycles. The van der Waals surface area contributed by atoms with Crippen LogP contribution in [0.25, 0.3) is 0 Å². The van der Waals surface area contributed by atoms with E-state index < -0.39 is 0 Å². The van der Waals surface area contributed by atoms with Gasteiger partial charge in [0.15, 0.2) is 0 Å². The van der Waals surface area contributed by atoms with E-state index in [2.05, 4.69) is 30.6 Å². The van der Waals surface area contributed by atoms with Crippen LogP contribution < -0.4 is 5.32 Å². The second-order valence-electron chi connectivity index (χ2n) is 5.59. The van der Waals surface area contributed by atoms with Gasteiger partial charge in [0.25, 0.3) is 0 Å². The lowest BCUT2D eigenvalue weighted by atomic mass is 10.0. The van der Waals surface area contributed by atoms with Crippen LogP contribution in [0.1, 0.15) is 27.2 Å². The van der Waals surface area contributed by atoms with Crippen LogP contribution in [0.2, 0.25) is 0 Å². The first-order valence-corrected chi connectivity index (χ1v) is 6.75. The molecule has 1 rings (SSSR count). The molecule has 1 N–H and O–H groups in total. The van der Waals surface area contributed by atoms with Gasteiger partial charge in [-0.3, -0.25) is 4.90 Å². The van der Waals surface area contributed by atoms with Crippen molar-refractivity contribution in [1.82, 2.24) is 10.2 Å². The van der Waals surface area contributed by atoms with Crippen LogP contribution in [0.3, 0.4) is 0 Å². The van der Waals surface area contributed by atoms with Gasteiger partial charge in [-0.05, 0) is 19.3 Å². The Bertz CT molecular complexity index is 228. The molecule has 0 amide bonds. The molecule has 1 aliphatic rings. The van der Waals surface area contributed by atoms with E-state index in [4.69, 9.17) is 4.74 Å². The highest BCUT2D eigenvalue weighted by atomic mass is 16.5. The standard InChI is InChI=1S/C14H28N2O/c1-12(2)9-14-10-16(6-5-15-14)7-8-17-11-13(3)4/h12,14-15H,3,5-11H2,1-2,4H3. The molecule has 1 heterocycles. The molecule has 0 aromatic carbocycles. The molecule has 0 aromatic heterocycles. The van der Waals surface area contributed by atoms with E-state index in [1.165, 1.54) is 6.42 Å². The number of hydrogen-bond donors (Lipinski definition) is 1. The molecule has 17 heavy (non-hydrogen) atoms. The minimum Gasteiger partial charge on any atom is -0.376 e. The topological polar surface area (TPSA) is 24.5 Å². The maximum absolute atomic E-state index is 5.55. The Morgan fingerprint density at radius 3 is 2.94 bits per heavy atom. The highest BCUT2D eigenvalue weighted by Crippen LogP contribution is 2.09. The van der Waals surface area contributed by atoms with Gasteiger partial charge in [-0.15, -0.1) is 0 Å². The maximum Gasteiger partial charge on any atom is 0.0672 e. The Morgan fingerprint density at radius 1 is 1.53 bits per heavy atom. The highest BCUT2D eigenvalue weighted by molar-refractivity contribution is 4.87. The van der Waals surface area contributed by atoms with Crippen LogP contribution in [0.5, 0.6) is 0 Å². The van der Waals surface area contributed by atoms with E-state index in [0.29, 0.717) is 12.6 Å². The molecular weight excluding hydrogens is 212 g/mol. The van der Waals surface area contributed by atoms with Crippen molar-refractivity contribution >= 4 is 0 Å². The Kier molecular flexibility index (Phi) is 6.78. The molecule has 0 aliphatic carbocycles. The molecular formula is C14H28N2O. The predicted octanol–water partition coefficient (Wildman–Crippen LogP) is 1.90. The summed E-state index contributed by atoms with van der Waals surface area (Å²) in [5, 5.41) is 3.59. The summed E-state index contributed by atoms with van der Waals surface area (Å²) >= 11 is 0. The normalized spacial score (nSPS) is 22.0. The van der Waals surface area contributed by atoms with Gasteiger partial charge in [-0.2, -0.15) is 0 Å². The first-order valence-electron chi connectivity index (χ1n) is 6.75. The van der Waals surface area contributed by atoms with Gasteiger partial charge in [0, 0.05) is 32.2 Å². The summed E-state index contributed by atoms with van der Waals surface area (Å²) in [7, 11) is 0. The fourth-order valence-corrected chi connectivity index (χ4v) is 2.26. The molecule has 1 fully saturated rings. The largest absolute Gasteiger partial charge is 0.376 e.